The molecule has 1 heterocycles. The highest BCUT2D eigenvalue weighted by Crippen LogP contribution is 2.15. The molecule has 122 valence electrons. The fraction of sp³-hybridized carbons (Fsp3) is 0.158. The zero-order valence-electron chi connectivity index (χ0n) is 13.6. The monoisotopic (exact) mass is 321 g/mol. The molecule has 1 amide bonds. The van der Waals surface area contributed by atoms with Crippen molar-refractivity contribution < 1.29 is 9.53 Å². The van der Waals surface area contributed by atoms with E-state index in [9.17, 15) is 4.79 Å². The Morgan fingerprint density at radius 3 is 2.50 bits per heavy atom. The number of carbonyl (C=O) groups excluding carboxylic acids is 1. The Hall–Kier alpha value is -3.08. The largest absolute Gasteiger partial charge is 0.481 e. The summed E-state index contributed by atoms with van der Waals surface area (Å²) in [6.45, 7) is 3.71. The molecule has 2 aromatic carbocycles. The van der Waals surface area contributed by atoms with Gasteiger partial charge in [0.1, 0.15) is 5.75 Å². The van der Waals surface area contributed by atoms with Crippen LogP contribution in [0, 0.1) is 6.92 Å². The minimum Gasteiger partial charge on any atom is -0.481 e. The second-order valence-electron chi connectivity index (χ2n) is 5.54. The Morgan fingerprint density at radius 2 is 1.79 bits per heavy atom. The molecule has 0 aliphatic rings. The highest BCUT2D eigenvalue weighted by molar-refractivity contribution is 5.93. The Bertz CT molecular complexity index is 810. The molecule has 0 bridgehead atoms. The van der Waals surface area contributed by atoms with Gasteiger partial charge in [0.25, 0.3) is 5.91 Å². The number of para-hydroxylation sites is 1. The highest BCUT2D eigenvalue weighted by Gasteiger charge is 2.16. The van der Waals surface area contributed by atoms with E-state index in [1.54, 1.807) is 23.9 Å². The molecule has 1 unspecified atom stereocenters. The molecular formula is C19H19N3O2. The average Bonchev–Trinajstić information content (AvgIpc) is 3.06. The van der Waals surface area contributed by atoms with E-state index in [0.717, 1.165) is 11.3 Å². The van der Waals surface area contributed by atoms with Gasteiger partial charge in [-0.3, -0.25) is 4.79 Å². The zero-order chi connectivity index (χ0) is 16.9. The number of aryl methyl sites for hydroxylation is 1. The van der Waals surface area contributed by atoms with E-state index in [1.807, 2.05) is 61.5 Å². The Morgan fingerprint density at radius 1 is 1.08 bits per heavy atom. The zero-order valence-corrected chi connectivity index (χ0v) is 13.6. The van der Waals surface area contributed by atoms with Gasteiger partial charge in [-0.15, -0.1) is 0 Å². The summed E-state index contributed by atoms with van der Waals surface area (Å²) < 4.78 is 7.36. The van der Waals surface area contributed by atoms with E-state index in [0.29, 0.717) is 11.6 Å². The third-order valence-corrected chi connectivity index (χ3v) is 3.56. The third kappa shape index (κ3) is 3.81. The summed E-state index contributed by atoms with van der Waals surface area (Å²) >= 11 is 0. The lowest BCUT2D eigenvalue weighted by Crippen LogP contribution is -2.30. The molecule has 1 N–H and O–H groups in total. The second kappa shape index (κ2) is 7.00. The maximum Gasteiger partial charge on any atom is 0.266 e. The van der Waals surface area contributed by atoms with Gasteiger partial charge in [-0.05, 0) is 38.1 Å². The van der Waals surface area contributed by atoms with E-state index in [2.05, 4.69) is 10.4 Å². The predicted molar refractivity (Wildman–Crippen MR) is 93.5 cm³/mol. The van der Waals surface area contributed by atoms with Crippen LogP contribution in [0.1, 0.15) is 12.5 Å². The summed E-state index contributed by atoms with van der Waals surface area (Å²) in [5.41, 5.74) is 2.08. The summed E-state index contributed by atoms with van der Waals surface area (Å²) in [7, 11) is 0. The number of rotatable bonds is 5. The maximum atomic E-state index is 12.2. The quantitative estimate of drug-likeness (QED) is 0.781. The Kier molecular flexibility index (Phi) is 4.61. The van der Waals surface area contributed by atoms with Crippen LogP contribution in [0.4, 0.5) is 5.82 Å². The van der Waals surface area contributed by atoms with Crippen molar-refractivity contribution >= 4 is 11.7 Å². The summed E-state index contributed by atoms with van der Waals surface area (Å²) in [6.07, 6.45) is 1.19. The fourth-order valence-corrected chi connectivity index (χ4v) is 2.22. The molecule has 0 spiro atoms. The lowest BCUT2D eigenvalue weighted by Gasteiger charge is -2.13. The van der Waals surface area contributed by atoms with Gasteiger partial charge in [-0.25, -0.2) is 4.68 Å². The number of nitrogens with one attached hydrogen (secondary N) is 1. The van der Waals surface area contributed by atoms with Crippen LogP contribution < -0.4 is 10.1 Å². The van der Waals surface area contributed by atoms with Gasteiger partial charge in [0.2, 0.25) is 0 Å². The molecule has 1 atom stereocenters. The van der Waals surface area contributed by atoms with Crippen LogP contribution in [0.5, 0.6) is 5.75 Å². The standard InChI is InChI=1S/C19H19N3O2/c1-14-8-10-17(11-9-14)24-15(2)19(23)20-18-12-13-22(21-18)16-6-4-3-5-7-16/h3-13,15H,1-2H3,(H,20,21,23). The van der Waals surface area contributed by atoms with Gasteiger partial charge in [-0.2, -0.15) is 5.10 Å². The lowest BCUT2D eigenvalue weighted by molar-refractivity contribution is -0.122. The van der Waals surface area contributed by atoms with Gasteiger partial charge in [0.15, 0.2) is 11.9 Å². The number of nitrogens with zero attached hydrogens (tertiary/aromatic N) is 2. The van der Waals surface area contributed by atoms with Crippen molar-refractivity contribution in [2.75, 3.05) is 5.32 Å². The van der Waals surface area contributed by atoms with Crippen molar-refractivity contribution in [2.45, 2.75) is 20.0 Å². The van der Waals surface area contributed by atoms with Crippen LogP contribution in [0.3, 0.4) is 0 Å². The number of aromatic nitrogens is 2. The number of amides is 1. The summed E-state index contributed by atoms with van der Waals surface area (Å²) in [5, 5.41) is 7.12. The number of anilines is 1. The smallest absolute Gasteiger partial charge is 0.266 e. The fourth-order valence-electron chi connectivity index (χ4n) is 2.22. The SMILES string of the molecule is Cc1ccc(OC(C)C(=O)Nc2ccn(-c3ccccc3)n2)cc1. The molecule has 0 radical (unpaired) electrons. The van der Waals surface area contributed by atoms with Gasteiger partial charge >= 0.3 is 0 Å². The number of benzene rings is 2. The average molecular weight is 321 g/mol. The first-order valence-electron chi connectivity index (χ1n) is 7.77. The first-order chi connectivity index (χ1) is 11.6. The molecule has 3 rings (SSSR count). The number of ether oxygens (including phenoxy) is 1. The Balaban J connectivity index is 1.62. The van der Waals surface area contributed by atoms with Crippen molar-refractivity contribution in [1.29, 1.82) is 0 Å². The number of hydrogen-bond donors (Lipinski definition) is 1. The van der Waals surface area contributed by atoms with Gasteiger partial charge in [0.05, 0.1) is 5.69 Å². The van der Waals surface area contributed by atoms with Crippen LogP contribution in [-0.4, -0.2) is 21.8 Å². The van der Waals surface area contributed by atoms with Crippen molar-refractivity contribution in [3.8, 4) is 11.4 Å². The third-order valence-electron chi connectivity index (χ3n) is 3.56. The molecule has 5 heteroatoms. The minimum atomic E-state index is -0.616. The predicted octanol–water partition coefficient (Wildman–Crippen LogP) is 3.59. The summed E-state index contributed by atoms with van der Waals surface area (Å²) in [6, 6.07) is 19.1. The van der Waals surface area contributed by atoms with Crippen LogP contribution >= 0.6 is 0 Å². The van der Waals surface area contributed by atoms with Crippen LogP contribution in [0.2, 0.25) is 0 Å². The van der Waals surface area contributed by atoms with Crippen molar-refractivity contribution in [3.05, 3.63) is 72.4 Å². The minimum absolute atomic E-state index is 0.242. The molecule has 0 aliphatic carbocycles. The Labute approximate surface area is 140 Å². The summed E-state index contributed by atoms with van der Waals surface area (Å²) in [4.78, 5) is 12.2. The topological polar surface area (TPSA) is 56.1 Å². The van der Waals surface area contributed by atoms with Gasteiger partial charge in [0, 0.05) is 12.3 Å². The molecule has 3 aromatic rings. The first-order valence-corrected chi connectivity index (χ1v) is 7.77. The molecule has 0 saturated heterocycles. The van der Waals surface area contributed by atoms with Gasteiger partial charge in [-0.1, -0.05) is 35.9 Å². The molecule has 1 aromatic heterocycles. The summed E-state index contributed by atoms with van der Waals surface area (Å²) in [5.74, 6) is 0.912. The molecule has 0 fully saturated rings. The van der Waals surface area contributed by atoms with E-state index < -0.39 is 6.10 Å². The normalized spacial score (nSPS) is 11.8. The highest BCUT2D eigenvalue weighted by atomic mass is 16.5. The van der Waals surface area contributed by atoms with E-state index in [4.69, 9.17) is 4.74 Å². The van der Waals surface area contributed by atoms with Crippen LogP contribution in [-0.2, 0) is 4.79 Å². The van der Waals surface area contributed by atoms with Crippen LogP contribution in [0.15, 0.2) is 66.9 Å². The molecular weight excluding hydrogens is 302 g/mol. The number of carbonyl (C=O) groups is 1. The van der Waals surface area contributed by atoms with Crippen molar-refractivity contribution in [2.24, 2.45) is 0 Å². The van der Waals surface area contributed by atoms with Crippen molar-refractivity contribution in [3.63, 3.8) is 0 Å². The molecule has 24 heavy (non-hydrogen) atoms. The molecule has 5 nitrogen and oxygen atoms in total. The second-order valence-corrected chi connectivity index (χ2v) is 5.54. The van der Waals surface area contributed by atoms with E-state index >= 15 is 0 Å². The van der Waals surface area contributed by atoms with E-state index in [1.165, 1.54) is 0 Å². The van der Waals surface area contributed by atoms with E-state index in [-0.39, 0.29) is 5.91 Å². The lowest BCUT2D eigenvalue weighted by atomic mass is 10.2. The van der Waals surface area contributed by atoms with Crippen molar-refractivity contribution in [1.82, 2.24) is 9.78 Å². The number of hydrogen-bond acceptors (Lipinski definition) is 3. The van der Waals surface area contributed by atoms with Crippen LogP contribution in [0.25, 0.3) is 5.69 Å². The maximum absolute atomic E-state index is 12.2. The van der Waals surface area contributed by atoms with Gasteiger partial charge < -0.3 is 10.1 Å². The molecule has 0 saturated carbocycles. The molecule has 0 aliphatic heterocycles. The first kappa shape index (κ1) is 15.8.